The van der Waals surface area contributed by atoms with Crippen molar-refractivity contribution in [3.05, 3.63) is 45.1 Å². The van der Waals surface area contributed by atoms with Crippen LogP contribution in [0.2, 0.25) is 4.34 Å². The van der Waals surface area contributed by atoms with Crippen molar-refractivity contribution in [1.82, 2.24) is 0 Å². The van der Waals surface area contributed by atoms with Gasteiger partial charge in [0.25, 0.3) is 0 Å². The maximum atomic E-state index is 9.34. The Morgan fingerprint density at radius 3 is 2.74 bits per heavy atom. The second-order valence-electron chi connectivity index (χ2n) is 4.03. The van der Waals surface area contributed by atoms with Gasteiger partial charge in [0.1, 0.15) is 6.07 Å². The lowest BCUT2D eigenvalue weighted by Gasteiger charge is -2.20. The first-order valence-corrected chi connectivity index (χ1v) is 8.10. The fourth-order valence-electron chi connectivity index (χ4n) is 1.88. The van der Waals surface area contributed by atoms with Gasteiger partial charge in [-0.2, -0.15) is 5.26 Å². The van der Waals surface area contributed by atoms with E-state index in [4.69, 9.17) is 11.6 Å². The Morgan fingerprint density at radius 1 is 1.37 bits per heavy atom. The van der Waals surface area contributed by atoms with E-state index < -0.39 is 0 Å². The zero-order chi connectivity index (χ0) is 13.8. The average molecular weight is 309 g/mol. The second kappa shape index (κ2) is 6.33. The summed E-state index contributed by atoms with van der Waals surface area (Å²) in [4.78, 5) is 4.28. The number of benzene rings is 1. The molecular weight excluding hydrogens is 296 g/mol. The Morgan fingerprint density at radius 2 is 2.16 bits per heavy atom. The van der Waals surface area contributed by atoms with E-state index in [0.717, 1.165) is 27.0 Å². The molecule has 1 aromatic heterocycles. The summed E-state index contributed by atoms with van der Waals surface area (Å²) in [6.45, 7) is 0.754. The number of thioether (sulfide) groups is 1. The van der Waals surface area contributed by atoms with Crippen LogP contribution in [0.15, 0.2) is 35.2 Å². The van der Waals surface area contributed by atoms with E-state index in [2.05, 4.69) is 11.0 Å². The molecule has 0 aliphatic rings. The van der Waals surface area contributed by atoms with E-state index in [1.165, 1.54) is 4.88 Å². The molecule has 1 aromatic carbocycles. The number of nitrogens with zero attached hydrogens (tertiary/aromatic N) is 2. The van der Waals surface area contributed by atoms with Crippen molar-refractivity contribution in [1.29, 1.82) is 5.26 Å². The third kappa shape index (κ3) is 3.24. The molecule has 0 bridgehead atoms. The highest BCUT2D eigenvalue weighted by molar-refractivity contribution is 7.98. The van der Waals surface area contributed by atoms with E-state index >= 15 is 0 Å². The predicted molar refractivity (Wildman–Crippen MR) is 84.4 cm³/mol. The molecule has 0 atom stereocenters. The quantitative estimate of drug-likeness (QED) is 0.770. The standard InChI is InChI=1S/C14H13ClN2S2/c1-17(9-10-6-7-14(15)19-10)12-4-3-5-13(18-2)11(12)8-16/h3-7H,9H2,1-2H3. The maximum Gasteiger partial charge on any atom is 0.103 e. The number of halogens is 1. The van der Waals surface area contributed by atoms with E-state index in [1.807, 2.05) is 43.6 Å². The van der Waals surface area contributed by atoms with Gasteiger partial charge in [-0.3, -0.25) is 0 Å². The summed E-state index contributed by atoms with van der Waals surface area (Å²) >= 11 is 9.10. The molecule has 0 fully saturated rings. The highest BCUT2D eigenvalue weighted by Crippen LogP contribution is 2.30. The summed E-state index contributed by atoms with van der Waals surface area (Å²) in [5.74, 6) is 0. The van der Waals surface area contributed by atoms with Crippen LogP contribution in [0.3, 0.4) is 0 Å². The number of rotatable bonds is 4. The molecule has 5 heteroatoms. The van der Waals surface area contributed by atoms with Crippen LogP contribution in [0.4, 0.5) is 5.69 Å². The lowest BCUT2D eigenvalue weighted by Crippen LogP contribution is -2.17. The van der Waals surface area contributed by atoms with Crippen LogP contribution < -0.4 is 4.90 Å². The Balaban J connectivity index is 2.29. The molecule has 2 rings (SSSR count). The Bertz CT molecular complexity index is 616. The van der Waals surface area contributed by atoms with Crippen LogP contribution in [0.1, 0.15) is 10.4 Å². The van der Waals surface area contributed by atoms with Crippen LogP contribution in [0.25, 0.3) is 0 Å². The van der Waals surface area contributed by atoms with Gasteiger partial charge >= 0.3 is 0 Å². The van der Waals surface area contributed by atoms with Gasteiger partial charge in [-0.15, -0.1) is 23.1 Å². The minimum atomic E-state index is 0.736. The number of anilines is 1. The molecule has 0 radical (unpaired) electrons. The highest BCUT2D eigenvalue weighted by atomic mass is 35.5. The monoisotopic (exact) mass is 308 g/mol. The number of hydrogen-bond acceptors (Lipinski definition) is 4. The van der Waals surface area contributed by atoms with Gasteiger partial charge < -0.3 is 4.90 Å². The zero-order valence-electron chi connectivity index (χ0n) is 10.7. The van der Waals surface area contributed by atoms with Crippen molar-refractivity contribution in [2.45, 2.75) is 11.4 Å². The summed E-state index contributed by atoms with van der Waals surface area (Å²) in [7, 11) is 1.99. The van der Waals surface area contributed by atoms with Crippen LogP contribution in [-0.2, 0) is 6.54 Å². The Hall–Kier alpha value is -1.15. The summed E-state index contributed by atoms with van der Waals surface area (Å²) in [6.07, 6.45) is 1.99. The van der Waals surface area contributed by atoms with Gasteiger partial charge in [0, 0.05) is 16.8 Å². The van der Waals surface area contributed by atoms with E-state index in [-0.39, 0.29) is 0 Å². The molecule has 0 aliphatic carbocycles. The summed E-state index contributed by atoms with van der Waals surface area (Å²) < 4.78 is 0.793. The Kier molecular flexibility index (Phi) is 4.76. The van der Waals surface area contributed by atoms with Crippen molar-refractivity contribution < 1.29 is 0 Å². The third-order valence-electron chi connectivity index (χ3n) is 2.77. The normalized spacial score (nSPS) is 10.2. The van der Waals surface area contributed by atoms with Crippen molar-refractivity contribution in [2.75, 3.05) is 18.2 Å². The molecule has 19 heavy (non-hydrogen) atoms. The molecule has 0 amide bonds. The molecule has 2 aromatic rings. The number of nitriles is 1. The second-order valence-corrected chi connectivity index (χ2v) is 6.68. The molecule has 0 N–H and O–H groups in total. The van der Waals surface area contributed by atoms with Crippen LogP contribution in [0.5, 0.6) is 0 Å². The van der Waals surface area contributed by atoms with Crippen LogP contribution >= 0.6 is 34.7 Å². The molecule has 0 spiro atoms. The first-order chi connectivity index (χ1) is 9.15. The molecule has 98 valence electrons. The lowest BCUT2D eigenvalue weighted by molar-refractivity contribution is 0.934. The van der Waals surface area contributed by atoms with Gasteiger partial charge in [-0.05, 0) is 30.5 Å². The molecule has 2 nitrogen and oxygen atoms in total. The first-order valence-electron chi connectivity index (χ1n) is 5.68. The summed E-state index contributed by atoms with van der Waals surface area (Å²) in [6, 6.07) is 12.2. The van der Waals surface area contributed by atoms with Gasteiger partial charge in [0.15, 0.2) is 0 Å². The van der Waals surface area contributed by atoms with Gasteiger partial charge in [0.05, 0.1) is 22.1 Å². The molecule has 1 heterocycles. The van der Waals surface area contributed by atoms with E-state index in [9.17, 15) is 5.26 Å². The minimum absolute atomic E-state index is 0.736. The first kappa shape index (κ1) is 14.3. The van der Waals surface area contributed by atoms with Crippen molar-refractivity contribution in [3.63, 3.8) is 0 Å². The fraction of sp³-hybridized carbons (Fsp3) is 0.214. The maximum absolute atomic E-state index is 9.34. The van der Waals surface area contributed by atoms with E-state index in [0.29, 0.717) is 0 Å². The fourth-order valence-corrected chi connectivity index (χ4v) is 3.59. The highest BCUT2D eigenvalue weighted by Gasteiger charge is 2.12. The van der Waals surface area contributed by atoms with Crippen molar-refractivity contribution in [3.8, 4) is 6.07 Å². The average Bonchev–Trinajstić information content (AvgIpc) is 2.82. The SMILES string of the molecule is CSc1cccc(N(C)Cc2ccc(Cl)s2)c1C#N. The molecule has 0 saturated heterocycles. The number of thiophene rings is 1. The molecule has 0 unspecified atom stereocenters. The van der Waals surface area contributed by atoms with Gasteiger partial charge in [0.2, 0.25) is 0 Å². The topological polar surface area (TPSA) is 27.0 Å². The van der Waals surface area contributed by atoms with Gasteiger partial charge in [-0.25, -0.2) is 0 Å². The third-order valence-corrected chi connectivity index (χ3v) is 4.76. The smallest absolute Gasteiger partial charge is 0.103 e. The largest absolute Gasteiger partial charge is 0.368 e. The number of hydrogen-bond donors (Lipinski definition) is 0. The van der Waals surface area contributed by atoms with Gasteiger partial charge in [-0.1, -0.05) is 17.7 Å². The summed E-state index contributed by atoms with van der Waals surface area (Å²) in [5.41, 5.74) is 1.69. The molecule has 0 aliphatic heterocycles. The minimum Gasteiger partial charge on any atom is -0.368 e. The van der Waals surface area contributed by atoms with E-state index in [1.54, 1.807) is 23.1 Å². The van der Waals surface area contributed by atoms with Crippen LogP contribution in [0, 0.1) is 11.3 Å². The molecular formula is C14H13ClN2S2. The van der Waals surface area contributed by atoms with Crippen molar-refractivity contribution >= 4 is 40.4 Å². The summed E-state index contributed by atoms with van der Waals surface area (Å²) in [5, 5.41) is 9.34. The van der Waals surface area contributed by atoms with Crippen molar-refractivity contribution in [2.24, 2.45) is 0 Å². The van der Waals surface area contributed by atoms with Crippen LogP contribution in [-0.4, -0.2) is 13.3 Å². The molecule has 0 saturated carbocycles. The predicted octanol–water partition coefficient (Wildman–Crippen LogP) is 4.63. The Labute approximate surface area is 126 Å². The zero-order valence-corrected chi connectivity index (χ0v) is 13.1. The lowest BCUT2D eigenvalue weighted by atomic mass is 10.2.